The van der Waals surface area contributed by atoms with E-state index in [4.69, 9.17) is 9.47 Å². The summed E-state index contributed by atoms with van der Waals surface area (Å²) in [6.07, 6.45) is 4.26. The molecule has 26 heavy (non-hydrogen) atoms. The average Bonchev–Trinajstić information content (AvgIpc) is 3.36. The Morgan fingerprint density at radius 2 is 2.35 bits per heavy atom. The summed E-state index contributed by atoms with van der Waals surface area (Å²) in [5.74, 6) is 0.523. The molecule has 8 nitrogen and oxygen atoms in total. The molecule has 1 amide bonds. The standard InChI is InChI=1S/C16H15FN5O3S/c1-11-18-4-5-21(11)14-3-2-12(8-13(14)17)22(6-7-24-16(22)23)10-25-15-9-19-26-20-15/h2-5,8-9H,6-7,10H2,1H3/q+1. The number of cyclic esters (lactones) is 1. The van der Waals surface area contributed by atoms with E-state index in [2.05, 4.69) is 13.7 Å². The van der Waals surface area contributed by atoms with Crippen molar-refractivity contribution in [1.29, 1.82) is 0 Å². The van der Waals surface area contributed by atoms with Crippen molar-refractivity contribution < 1.29 is 18.7 Å². The third-order valence-electron chi connectivity index (χ3n) is 4.33. The molecule has 3 aromatic rings. The van der Waals surface area contributed by atoms with Gasteiger partial charge in [-0.3, -0.25) is 0 Å². The van der Waals surface area contributed by atoms with Crippen LogP contribution in [0.5, 0.6) is 5.88 Å². The van der Waals surface area contributed by atoms with Gasteiger partial charge in [-0.2, -0.15) is 13.7 Å². The van der Waals surface area contributed by atoms with Crippen LogP contribution in [0.4, 0.5) is 14.9 Å². The second kappa shape index (κ2) is 6.46. The molecule has 0 spiro atoms. The fraction of sp³-hybridized carbons (Fsp3) is 0.250. The zero-order valence-electron chi connectivity index (χ0n) is 13.8. The van der Waals surface area contributed by atoms with E-state index in [0.29, 0.717) is 29.6 Å². The van der Waals surface area contributed by atoms with Crippen molar-refractivity contribution in [2.45, 2.75) is 6.92 Å². The number of benzene rings is 1. The van der Waals surface area contributed by atoms with Gasteiger partial charge in [0, 0.05) is 24.5 Å². The van der Waals surface area contributed by atoms with Crippen molar-refractivity contribution in [3.05, 3.63) is 48.4 Å². The molecule has 0 N–H and O–H groups in total. The van der Waals surface area contributed by atoms with Crippen LogP contribution in [0.25, 0.3) is 5.69 Å². The summed E-state index contributed by atoms with van der Waals surface area (Å²) in [5.41, 5.74) is 0.814. The van der Waals surface area contributed by atoms with Crippen molar-refractivity contribution >= 4 is 23.5 Å². The zero-order chi connectivity index (χ0) is 18.1. The summed E-state index contributed by atoms with van der Waals surface area (Å²) in [5, 5.41) is 0. The van der Waals surface area contributed by atoms with Gasteiger partial charge in [-0.15, -0.1) is 4.37 Å². The van der Waals surface area contributed by atoms with Crippen molar-refractivity contribution in [2.24, 2.45) is 0 Å². The second-order valence-electron chi connectivity index (χ2n) is 5.81. The van der Waals surface area contributed by atoms with E-state index in [9.17, 15) is 9.18 Å². The molecule has 1 saturated heterocycles. The number of imidazole rings is 1. The smallest absolute Gasteiger partial charge is 0.424 e. The van der Waals surface area contributed by atoms with Gasteiger partial charge >= 0.3 is 6.09 Å². The Morgan fingerprint density at radius 1 is 1.46 bits per heavy atom. The van der Waals surface area contributed by atoms with Crippen LogP contribution in [0.2, 0.25) is 0 Å². The molecule has 1 fully saturated rings. The number of hydrogen-bond acceptors (Lipinski definition) is 7. The molecule has 1 aliphatic heterocycles. The Labute approximate surface area is 152 Å². The lowest BCUT2D eigenvalue weighted by Crippen LogP contribution is -2.52. The van der Waals surface area contributed by atoms with Crippen LogP contribution in [0.15, 0.2) is 36.8 Å². The molecule has 3 heterocycles. The van der Waals surface area contributed by atoms with E-state index in [1.807, 2.05) is 0 Å². The van der Waals surface area contributed by atoms with Crippen LogP contribution in [-0.2, 0) is 4.74 Å². The Morgan fingerprint density at radius 3 is 2.96 bits per heavy atom. The van der Waals surface area contributed by atoms with Crippen LogP contribution in [0.1, 0.15) is 5.82 Å². The van der Waals surface area contributed by atoms with E-state index < -0.39 is 11.9 Å². The number of amides is 1. The number of rotatable bonds is 5. The lowest BCUT2D eigenvalue weighted by molar-refractivity contribution is 0.127. The van der Waals surface area contributed by atoms with Gasteiger partial charge in [0.2, 0.25) is 12.6 Å². The number of hydrogen-bond donors (Lipinski definition) is 0. The molecule has 0 bridgehead atoms. The van der Waals surface area contributed by atoms with Gasteiger partial charge in [0.25, 0.3) is 0 Å². The van der Waals surface area contributed by atoms with Gasteiger partial charge in [0.05, 0.1) is 17.4 Å². The van der Waals surface area contributed by atoms with Crippen molar-refractivity contribution in [2.75, 3.05) is 19.9 Å². The highest BCUT2D eigenvalue weighted by Crippen LogP contribution is 2.31. The fourth-order valence-corrected chi connectivity index (χ4v) is 3.28. The first-order valence-corrected chi connectivity index (χ1v) is 8.58. The molecule has 2 aromatic heterocycles. The number of carbonyl (C=O) groups excluding carboxylic acids is 1. The van der Waals surface area contributed by atoms with Crippen LogP contribution in [0, 0.1) is 12.7 Å². The summed E-state index contributed by atoms with van der Waals surface area (Å²) < 4.78 is 34.7. The fourth-order valence-electron chi connectivity index (χ4n) is 2.92. The molecule has 1 atom stereocenters. The predicted octanol–water partition coefficient (Wildman–Crippen LogP) is 2.67. The van der Waals surface area contributed by atoms with E-state index >= 15 is 0 Å². The van der Waals surface area contributed by atoms with Gasteiger partial charge in [-0.05, 0) is 13.0 Å². The number of ether oxygens (including phenoxy) is 2. The molecule has 1 aliphatic rings. The lowest BCUT2D eigenvalue weighted by atomic mass is 10.2. The molecule has 1 aromatic carbocycles. The number of quaternary nitrogens is 1. The first kappa shape index (κ1) is 16.6. The maximum absolute atomic E-state index is 14.8. The minimum absolute atomic E-state index is 0.0485. The first-order chi connectivity index (χ1) is 12.6. The van der Waals surface area contributed by atoms with Crippen molar-refractivity contribution in [1.82, 2.24) is 22.8 Å². The number of halogens is 1. The topological polar surface area (TPSA) is 79.1 Å². The van der Waals surface area contributed by atoms with E-state index in [1.165, 1.54) is 12.3 Å². The highest BCUT2D eigenvalue weighted by molar-refractivity contribution is 6.99. The quantitative estimate of drug-likeness (QED) is 0.637. The second-order valence-corrected chi connectivity index (χ2v) is 6.36. The van der Waals surface area contributed by atoms with Crippen LogP contribution in [0.3, 0.4) is 0 Å². The van der Waals surface area contributed by atoms with Gasteiger partial charge in [0.15, 0.2) is 5.82 Å². The molecule has 4 rings (SSSR count). The third-order valence-corrected chi connectivity index (χ3v) is 4.79. The summed E-state index contributed by atoms with van der Waals surface area (Å²) >= 11 is 1.01. The van der Waals surface area contributed by atoms with Crippen LogP contribution in [-0.4, -0.2) is 44.3 Å². The SMILES string of the molecule is Cc1nccn1-c1ccc([N+]2(COc3cnsn3)CCOC2=O)cc1F. The van der Waals surface area contributed by atoms with E-state index in [0.717, 1.165) is 11.7 Å². The minimum Gasteiger partial charge on any atom is -0.424 e. The zero-order valence-corrected chi connectivity index (χ0v) is 14.6. The Balaban J connectivity index is 1.69. The molecule has 10 heteroatoms. The number of aromatic nitrogens is 4. The molecule has 1 unspecified atom stereocenters. The number of aryl methyl sites for hydroxylation is 1. The van der Waals surface area contributed by atoms with Crippen molar-refractivity contribution in [3.8, 4) is 11.6 Å². The largest absolute Gasteiger partial charge is 0.524 e. The molecular formula is C16H15FN5O3S+. The summed E-state index contributed by atoms with van der Waals surface area (Å²) in [6.45, 7) is 2.32. The van der Waals surface area contributed by atoms with Gasteiger partial charge in [0.1, 0.15) is 30.9 Å². The van der Waals surface area contributed by atoms with Crippen LogP contribution < -0.4 is 9.22 Å². The Hall–Kier alpha value is -2.85. The van der Waals surface area contributed by atoms with E-state index in [1.54, 1.807) is 36.0 Å². The third kappa shape index (κ3) is 2.72. The molecule has 0 aliphatic carbocycles. The first-order valence-electron chi connectivity index (χ1n) is 7.85. The van der Waals surface area contributed by atoms with Gasteiger partial charge in [-0.1, -0.05) is 0 Å². The van der Waals surface area contributed by atoms with E-state index in [-0.39, 0.29) is 17.8 Å². The van der Waals surface area contributed by atoms with Crippen LogP contribution >= 0.6 is 11.7 Å². The Kier molecular flexibility index (Phi) is 4.13. The van der Waals surface area contributed by atoms with Gasteiger partial charge < -0.3 is 14.0 Å². The summed E-state index contributed by atoms with van der Waals surface area (Å²) in [7, 11) is 0. The highest BCUT2D eigenvalue weighted by atomic mass is 32.1. The average molecular weight is 376 g/mol. The van der Waals surface area contributed by atoms with Crippen molar-refractivity contribution in [3.63, 3.8) is 0 Å². The van der Waals surface area contributed by atoms with Gasteiger partial charge in [-0.25, -0.2) is 9.37 Å². The predicted molar refractivity (Wildman–Crippen MR) is 91.7 cm³/mol. The summed E-state index contributed by atoms with van der Waals surface area (Å²) in [6, 6.07) is 4.66. The molecule has 134 valence electrons. The molecule has 0 saturated carbocycles. The normalized spacial score (nSPS) is 19.5. The maximum Gasteiger partial charge on any atom is 0.524 e. The molecule has 0 radical (unpaired) electrons. The monoisotopic (exact) mass is 376 g/mol. The minimum atomic E-state index is -0.487. The number of carbonyl (C=O) groups is 1. The number of nitrogens with zero attached hydrogens (tertiary/aromatic N) is 5. The summed E-state index contributed by atoms with van der Waals surface area (Å²) in [4.78, 5) is 16.5. The lowest BCUT2D eigenvalue weighted by Gasteiger charge is -2.27. The molecular weight excluding hydrogens is 361 g/mol. The maximum atomic E-state index is 14.8. The Bertz CT molecular complexity index is 945. The highest BCUT2D eigenvalue weighted by Gasteiger charge is 2.47.